The lowest BCUT2D eigenvalue weighted by molar-refractivity contribution is 0.588. The Morgan fingerprint density at radius 2 is 1.93 bits per heavy atom. The molecule has 0 fully saturated rings. The Morgan fingerprint density at radius 3 is 2.56 bits per heavy atom. The summed E-state index contributed by atoms with van der Waals surface area (Å²) >= 11 is 1.62. The van der Waals surface area contributed by atoms with Crippen LogP contribution in [0.1, 0.15) is 16.7 Å². The van der Waals surface area contributed by atoms with Gasteiger partial charge in [-0.3, -0.25) is 5.43 Å². The van der Waals surface area contributed by atoms with Crippen molar-refractivity contribution < 1.29 is 8.42 Å². The number of rotatable bonds is 6. The van der Waals surface area contributed by atoms with Crippen LogP contribution in [0.3, 0.4) is 0 Å². The molecule has 2 aromatic rings. The van der Waals surface area contributed by atoms with Crippen LogP contribution in [0.25, 0.3) is 0 Å². The predicted molar refractivity (Wildman–Crippen MR) is 113 cm³/mol. The maximum Gasteiger partial charge on any atom is 0.208 e. The summed E-state index contributed by atoms with van der Waals surface area (Å²) < 4.78 is 24.7. The fraction of sp³-hybridized carbons (Fsp3) is 0.263. The van der Waals surface area contributed by atoms with Crippen molar-refractivity contribution in [1.29, 1.82) is 0 Å². The number of hydrazone groups is 1. The highest BCUT2D eigenvalue weighted by molar-refractivity contribution is 8.14. The van der Waals surface area contributed by atoms with Crippen LogP contribution in [-0.4, -0.2) is 37.9 Å². The molecule has 27 heavy (non-hydrogen) atoms. The first-order chi connectivity index (χ1) is 12.9. The number of nitrogens with zero attached hydrogens (tertiary/aromatic N) is 2. The third-order valence-electron chi connectivity index (χ3n) is 4.03. The van der Waals surface area contributed by atoms with Gasteiger partial charge >= 0.3 is 0 Å². The van der Waals surface area contributed by atoms with E-state index in [2.05, 4.69) is 20.2 Å². The van der Waals surface area contributed by atoms with E-state index >= 15 is 0 Å². The number of nitrogens with one attached hydrogen (secondary N) is 2. The smallest absolute Gasteiger partial charge is 0.208 e. The number of hydrogen-bond acceptors (Lipinski definition) is 5. The average Bonchev–Trinajstić information content (AvgIpc) is 2.64. The van der Waals surface area contributed by atoms with Crippen molar-refractivity contribution in [2.24, 2.45) is 10.1 Å². The van der Waals surface area contributed by atoms with E-state index in [0.717, 1.165) is 39.0 Å². The number of benzene rings is 2. The van der Waals surface area contributed by atoms with E-state index in [1.807, 2.05) is 55.5 Å². The first-order valence-corrected chi connectivity index (χ1v) is 11.4. The zero-order valence-electron chi connectivity index (χ0n) is 15.3. The van der Waals surface area contributed by atoms with E-state index in [0.29, 0.717) is 13.0 Å². The molecule has 1 aliphatic heterocycles. The second-order valence-corrected chi connectivity index (χ2v) is 9.07. The minimum atomic E-state index is -3.14. The zero-order valence-corrected chi connectivity index (χ0v) is 16.9. The Balaban J connectivity index is 1.61. The number of sulfonamides is 1. The standard InChI is InChI=1S/C19H22N4O2S2/c1-14-5-3-4-6-17(14)21-19-23-22-18(13-26-19)16-9-7-15(8-10-16)11-12-20-27(2,24)25/h3-10,20H,11-13H2,1-2H3,(H,21,23). The molecule has 0 radical (unpaired) electrons. The lowest BCUT2D eigenvalue weighted by Gasteiger charge is -2.15. The number of amidine groups is 1. The van der Waals surface area contributed by atoms with Crippen LogP contribution in [0, 0.1) is 6.92 Å². The summed E-state index contributed by atoms with van der Waals surface area (Å²) in [5.74, 6) is 0.743. The highest BCUT2D eigenvalue weighted by Crippen LogP contribution is 2.21. The Morgan fingerprint density at radius 1 is 1.19 bits per heavy atom. The van der Waals surface area contributed by atoms with E-state index in [4.69, 9.17) is 0 Å². The fourth-order valence-electron chi connectivity index (χ4n) is 2.56. The Hall–Kier alpha value is -2.16. The van der Waals surface area contributed by atoms with Gasteiger partial charge in [-0.05, 0) is 36.1 Å². The Labute approximate surface area is 164 Å². The van der Waals surface area contributed by atoms with Gasteiger partial charge in [-0.15, -0.1) is 0 Å². The van der Waals surface area contributed by atoms with Gasteiger partial charge in [-0.1, -0.05) is 54.2 Å². The van der Waals surface area contributed by atoms with Crippen LogP contribution in [0.4, 0.5) is 5.69 Å². The normalized spacial score (nSPS) is 16.1. The van der Waals surface area contributed by atoms with Gasteiger partial charge in [0.05, 0.1) is 17.7 Å². The molecular formula is C19H22N4O2S2. The molecule has 6 nitrogen and oxygen atoms in total. The number of aliphatic imine (C=N–C) groups is 1. The summed E-state index contributed by atoms with van der Waals surface area (Å²) in [7, 11) is -3.14. The second kappa shape index (κ2) is 8.69. The van der Waals surface area contributed by atoms with Crippen LogP contribution in [-0.2, 0) is 16.4 Å². The maximum absolute atomic E-state index is 11.1. The summed E-state index contributed by atoms with van der Waals surface area (Å²) in [6.07, 6.45) is 1.82. The molecule has 0 atom stereocenters. The van der Waals surface area contributed by atoms with Gasteiger partial charge in [0.1, 0.15) is 0 Å². The van der Waals surface area contributed by atoms with E-state index in [1.54, 1.807) is 11.8 Å². The van der Waals surface area contributed by atoms with Gasteiger partial charge in [-0.25, -0.2) is 18.1 Å². The molecule has 0 amide bonds. The van der Waals surface area contributed by atoms with Gasteiger partial charge in [0.25, 0.3) is 0 Å². The molecule has 2 aromatic carbocycles. The minimum Gasteiger partial charge on any atom is -0.255 e. The molecular weight excluding hydrogens is 380 g/mol. The lowest BCUT2D eigenvalue weighted by atomic mass is 10.1. The molecule has 2 N–H and O–H groups in total. The number of thioether (sulfide) groups is 1. The molecule has 3 rings (SSSR count). The third kappa shape index (κ3) is 5.92. The molecule has 0 aliphatic carbocycles. The summed E-state index contributed by atoms with van der Waals surface area (Å²) in [4.78, 5) is 4.62. The first kappa shape index (κ1) is 19.6. The molecule has 1 aliphatic rings. The molecule has 0 saturated heterocycles. The maximum atomic E-state index is 11.1. The number of hydrogen-bond donors (Lipinski definition) is 2. The molecule has 0 spiro atoms. The lowest BCUT2D eigenvalue weighted by Crippen LogP contribution is -2.25. The van der Waals surface area contributed by atoms with E-state index in [-0.39, 0.29) is 0 Å². The third-order valence-corrected chi connectivity index (χ3v) is 5.64. The minimum absolute atomic E-state index is 0.398. The summed E-state index contributed by atoms with van der Waals surface area (Å²) in [5, 5.41) is 5.24. The first-order valence-electron chi connectivity index (χ1n) is 8.54. The molecule has 0 saturated carbocycles. The average molecular weight is 403 g/mol. The molecule has 8 heteroatoms. The molecule has 0 unspecified atom stereocenters. The Kier molecular flexibility index (Phi) is 6.30. The van der Waals surface area contributed by atoms with Gasteiger partial charge in [0.2, 0.25) is 10.0 Å². The van der Waals surface area contributed by atoms with Gasteiger partial charge in [0.15, 0.2) is 5.17 Å². The van der Waals surface area contributed by atoms with Crippen molar-refractivity contribution in [3.05, 3.63) is 65.2 Å². The topological polar surface area (TPSA) is 82.9 Å². The second-order valence-electron chi connectivity index (χ2n) is 6.28. The van der Waals surface area contributed by atoms with Crippen molar-refractivity contribution in [3.63, 3.8) is 0 Å². The Bertz CT molecular complexity index is 967. The monoisotopic (exact) mass is 402 g/mol. The number of aryl methyl sites for hydroxylation is 1. The molecule has 0 bridgehead atoms. The van der Waals surface area contributed by atoms with Crippen molar-refractivity contribution in [3.8, 4) is 0 Å². The predicted octanol–water partition coefficient (Wildman–Crippen LogP) is 2.81. The number of para-hydroxylation sites is 1. The van der Waals surface area contributed by atoms with Crippen molar-refractivity contribution in [2.75, 3.05) is 18.6 Å². The van der Waals surface area contributed by atoms with Gasteiger partial charge in [0, 0.05) is 12.3 Å². The highest BCUT2D eigenvalue weighted by atomic mass is 32.2. The molecule has 0 aromatic heterocycles. The largest absolute Gasteiger partial charge is 0.255 e. The van der Waals surface area contributed by atoms with Crippen molar-refractivity contribution in [2.45, 2.75) is 13.3 Å². The summed E-state index contributed by atoms with van der Waals surface area (Å²) in [6.45, 7) is 2.43. The van der Waals surface area contributed by atoms with Gasteiger partial charge in [-0.2, -0.15) is 5.10 Å². The van der Waals surface area contributed by atoms with Crippen LogP contribution >= 0.6 is 11.8 Å². The van der Waals surface area contributed by atoms with Crippen molar-refractivity contribution in [1.82, 2.24) is 10.1 Å². The van der Waals surface area contributed by atoms with E-state index in [9.17, 15) is 8.42 Å². The fourth-order valence-corrected chi connectivity index (χ4v) is 3.82. The summed E-state index contributed by atoms with van der Waals surface area (Å²) in [5.41, 5.74) is 8.19. The van der Waals surface area contributed by atoms with Crippen LogP contribution in [0.15, 0.2) is 58.6 Å². The zero-order chi connectivity index (χ0) is 19.3. The van der Waals surface area contributed by atoms with Crippen molar-refractivity contribution >= 4 is 38.4 Å². The molecule has 142 valence electrons. The summed E-state index contributed by atoms with van der Waals surface area (Å²) in [6, 6.07) is 16.0. The van der Waals surface area contributed by atoms with E-state index < -0.39 is 10.0 Å². The quantitative estimate of drug-likeness (QED) is 0.778. The van der Waals surface area contributed by atoms with Crippen LogP contribution < -0.4 is 10.1 Å². The van der Waals surface area contributed by atoms with Crippen LogP contribution in [0.5, 0.6) is 0 Å². The highest BCUT2D eigenvalue weighted by Gasteiger charge is 2.13. The van der Waals surface area contributed by atoms with Gasteiger partial charge < -0.3 is 0 Å². The SMILES string of the molecule is Cc1ccccc1N=C1NN=C(c2ccc(CCNS(C)(=O)=O)cc2)CS1. The van der Waals surface area contributed by atoms with E-state index in [1.165, 1.54) is 6.26 Å². The molecule has 1 heterocycles. The van der Waals surface area contributed by atoms with Crippen LogP contribution in [0.2, 0.25) is 0 Å².